The summed E-state index contributed by atoms with van der Waals surface area (Å²) in [7, 11) is 0. The smallest absolute Gasteiger partial charge is 0.407 e. The molecule has 2 N–H and O–H groups in total. The van der Waals surface area contributed by atoms with Gasteiger partial charge >= 0.3 is 6.09 Å². The van der Waals surface area contributed by atoms with E-state index in [1.165, 1.54) is 0 Å². The van der Waals surface area contributed by atoms with Gasteiger partial charge in [0.2, 0.25) is 0 Å². The second kappa shape index (κ2) is 8.73. The summed E-state index contributed by atoms with van der Waals surface area (Å²) in [4.78, 5) is 12.0. The van der Waals surface area contributed by atoms with E-state index in [4.69, 9.17) is 9.47 Å². The zero-order chi connectivity index (χ0) is 16.8. The molecule has 0 aromatic carbocycles. The number of nitrogens with one attached hydrogen (secondary N) is 2. The normalized spacial score (nSPS) is 26.2. The van der Waals surface area contributed by atoms with Crippen LogP contribution in [0.5, 0.6) is 0 Å². The molecule has 4 unspecified atom stereocenters. The molecule has 1 aliphatic carbocycles. The summed E-state index contributed by atoms with van der Waals surface area (Å²) < 4.78 is 11.1. The Balaban J connectivity index is 2.56. The lowest BCUT2D eigenvalue weighted by Crippen LogP contribution is -2.67. The van der Waals surface area contributed by atoms with Crippen LogP contribution < -0.4 is 10.6 Å². The predicted molar refractivity (Wildman–Crippen MR) is 89.1 cm³/mol. The van der Waals surface area contributed by atoms with E-state index in [-0.39, 0.29) is 24.3 Å². The lowest BCUT2D eigenvalue weighted by molar-refractivity contribution is -0.0470. The van der Waals surface area contributed by atoms with Crippen molar-refractivity contribution in [2.45, 2.75) is 97.1 Å². The molecule has 0 aliphatic heterocycles. The molecule has 1 fully saturated rings. The Kier molecular flexibility index (Phi) is 7.63. The van der Waals surface area contributed by atoms with Crippen LogP contribution in [0.25, 0.3) is 0 Å². The van der Waals surface area contributed by atoms with E-state index in [0.29, 0.717) is 12.6 Å². The quantitative estimate of drug-likeness (QED) is 0.722. The lowest BCUT2D eigenvalue weighted by Gasteiger charge is -2.46. The Bertz CT molecular complexity index is 341. The molecular formula is C17H34N2O3. The van der Waals surface area contributed by atoms with Gasteiger partial charge in [0.05, 0.1) is 18.2 Å². The van der Waals surface area contributed by atoms with E-state index in [1.807, 2.05) is 27.7 Å². The molecule has 5 nitrogen and oxygen atoms in total. The Hall–Kier alpha value is -0.810. The fraction of sp³-hybridized carbons (Fsp3) is 0.941. The molecule has 1 saturated carbocycles. The van der Waals surface area contributed by atoms with Gasteiger partial charge in [0, 0.05) is 12.6 Å². The molecule has 22 heavy (non-hydrogen) atoms. The van der Waals surface area contributed by atoms with Gasteiger partial charge in [0.15, 0.2) is 0 Å². The monoisotopic (exact) mass is 314 g/mol. The number of ether oxygens (including phenoxy) is 2. The van der Waals surface area contributed by atoms with E-state index in [0.717, 1.165) is 25.7 Å². The Morgan fingerprint density at radius 2 is 1.95 bits per heavy atom. The van der Waals surface area contributed by atoms with Crippen molar-refractivity contribution in [2.24, 2.45) is 0 Å². The summed E-state index contributed by atoms with van der Waals surface area (Å²) in [6.07, 6.45) is 4.06. The second-order valence-corrected chi connectivity index (χ2v) is 7.07. The maximum absolute atomic E-state index is 12.0. The molecular weight excluding hydrogens is 280 g/mol. The van der Waals surface area contributed by atoms with Gasteiger partial charge in [-0.2, -0.15) is 0 Å². The van der Waals surface area contributed by atoms with Gasteiger partial charge in [-0.3, -0.25) is 0 Å². The van der Waals surface area contributed by atoms with E-state index in [1.54, 1.807) is 0 Å². The maximum Gasteiger partial charge on any atom is 0.407 e. The van der Waals surface area contributed by atoms with Crippen molar-refractivity contribution in [3.05, 3.63) is 0 Å². The van der Waals surface area contributed by atoms with E-state index in [9.17, 15) is 4.79 Å². The summed E-state index contributed by atoms with van der Waals surface area (Å²) in [5, 5.41) is 6.64. The number of carbonyl (C=O) groups excluding carboxylic acids is 1. The Morgan fingerprint density at radius 1 is 1.27 bits per heavy atom. The first-order chi connectivity index (χ1) is 10.3. The highest BCUT2D eigenvalue weighted by molar-refractivity contribution is 5.68. The topological polar surface area (TPSA) is 59.6 Å². The Labute approximate surface area is 135 Å². The number of amides is 1. The van der Waals surface area contributed by atoms with Gasteiger partial charge in [-0.25, -0.2) is 4.79 Å². The van der Waals surface area contributed by atoms with Crippen molar-refractivity contribution >= 4 is 6.09 Å². The van der Waals surface area contributed by atoms with Crippen LogP contribution in [0.15, 0.2) is 0 Å². The molecule has 0 heterocycles. The maximum atomic E-state index is 12.0. The molecule has 0 aromatic rings. The molecule has 0 spiro atoms. The van der Waals surface area contributed by atoms with Gasteiger partial charge in [-0.1, -0.05) is 20.3 Å². The third-order valence-electron chi connectivity index (χ3n) is 3.96. The molecule has 5 heteroatoms. The number of carbonyl (C=O) groups is 1. The summed E-state index contributed by atoms with van der Waals surface area (Å²) >= 11 is 0. The minimum Gasteiger partial charge on any atom is -0.444 e. The highest BCUT2D eigenvalue weighted by Gasteiger charge is 2.43. The van der Waals surface area contributed by atoms with Crippen LogP contribution in [0.3, 0.4) is 0 Å². The SMILES string of the molecule is CCCC(CC)NC1C(NC(=O)OC(C)(C)C)CC1OCC. The third-order valence-corrected chi connectivity index (χ3v) is 3.96. The molecule has 0 radical (unpaired) electrons. The van der Waals surface area contributed by atoms with Crippen LogP contribution in [0, 0.1) is 0 Å². The highest BCUT2D eigenvalue weighted by Crippen LogP contribution is 2.26. The lowest BCUT2D eigenvalue weighted by atomic mass is 9.81. The van der Waals surface area contributed by atoms with Crippen LogP contribution in [-0.2, 0) is 9.47 Å². The number of alkyl carbamates (subject to hydrolysis) is 1. The van der Waals surface area contributed by atoms with Crippen molar-refractivity contribution in [3.63, 3.8) is 0 Å². The first-order valence-corrected chi connectivity index (χ1v) is 8.67. The minimum atomic E-state index is -0.468. The molecule has 1 aliphatic rings. The molecule has 130 valence electrons. The molecule has 4 atom stereocenters. The fourth-order valence-electron chi connectivity index (χ4n) is 2.85. The van der Waals surface area contributed by atoms with Crippen molar-refractivity contribution in [1.82, 2.24) is 10.6 Å². The average Bonchev–Trinajstić information content (AvgIpc) is 2.40. The molecule has 0 aromatic heterocycles. The fourth-order valence-corrected chi connectivity index (χ4v) is 2.85. The molecule has 1 rings (SSSR count). The van der Waals surface area contributed by atoms with Gasteiger partial charge in [-0.05, 0) is 47.0 Å². The van der Waals surface area contributed by atoms with E-state index in [2.05, 4.69) is 24.5 Å². The van der Waals surface area contributed by atoms with Gasteiger partial charge < -0.3 is 20.1 Å². The van der Waals surface area contributed by atoms with Gasteiger partial charge in [-0.15, -0.1) is 0 Å². The standard InChI is InChI=1S/C17H34N2O3/c1-7-10-12(8-2)18-15-13(11-14(15)21-9-3)19-16(20)22-17(4,5)6/h12-15,18H,7-11H2,1-6H3,(H,19,20). The first-order valence-electron chi connectivity index (χ1n) is 8.67. The second-order valence-electron chi connectivity index (χ2n) is 7.07. The average molecular weight is 314 g/mol. The van der Waals surface area contributed by atoms with Gasteiger partial charge in [0.25, 0.3) is 0 Å². The van der Waals surface area contributed by atoms with Crippen molar-refractivity contribution in [1.29, 1.82) is 0 Å². The van der Waals surface area contributed by atoms with E-state index >= 15 is 0 Å². The van der Waals surface area contributed by atoms with Crippen LogP contribution in [0.4, 0.5) is 4.79 Å². The van der Waals surface area contributed by atoms with Crippen LogP contribution >= 0.6 is 0 Å². The minimum absolute atomic E-state index is 0.0808. The highest BCUT2D eigenvalue weighted by atomic mass is 16.6. The number of rotatable bonds is 8. The predicted octanol–water partition coefficient (Wildman–Crippen LogP) is 3.23. The molecule has 0 saturated heterocycles. The number of hydrogen-bond acceptors (Lipinski definition) is 4. The summed E-state index contributed by atoms with van der Waals surface area (Å²) in [5.41, 5.74) is -0.468. The van der Waals surface area contributed by atoms with Crippen molar-refractivity contribution < 1.29 is 14.3 Å². The van der Waals surface area contributed by atoms with Crippen LogP contribution in [-0.4, -0.2) is 42.5 Å². The van der Waals surface area contributed by atoms with Crippen molar-refractivity contribution in [2.75, 3.05) is 6.61 Å². The molecule has 0 bridgehead atoms. The van der Waals surface area contributed by atoms with E-state index < -0.39 is 5.60 Å². The van der Waals surface area contributed by atoms with Crippen molar-refractivity contribution in [3.8, 4) is 0 Å². The Morgan fingerprint density at radius 3 is 2.45 bits per heavy atom. The number of hydrogen-bond donors (Lipinski definition) is 2. The summed E-state index contributed by atoms with van der Waals surface area (Å²) in [6, 6.07) is 0.725. The third kappa shape index (κ3) is 6.13. The zero-order valence-corrected chi connectivity index (χ0v) is 15.1. The molecule has 1 amide bonds. The van der Waals surface area contributed by atoms with Gasteiger partial charge in [0.1, 0.15) is 5.60 Å². The summed E-state index contributed by atoms with van der Waals surface area (Å²) in [5.74, 6) is 0. The zero-order valence-electron chi connectivity index (χ0n) is 15.1. The summed E-state index contributed by atoms with van der Waals surface area (Å²) in [6.45, 7) is 12.7. The van der Waals surface area contributed by atoms with Crippen LogP contribution in [0.2, 0.25) is 0 Å². The van der Waals surface area contributed by atoms with Crippen LogP contribution in [0.1, 0.15) is 67.2 Å². The first kappa shape index (κ1) is 19.2. The largest absolute Gasteiger partial charge is 0.444 e.